The van der Waals surface area contributed by atoms with Crippen LogP contribution in [-0.4, -0.2) is 64.7 Å². The number of carbonyl (C=O) groups is 2. The molecule has 2 saturated heterocycles. The Bertz CT molecular complexity index is 440. The minimum atomic E-state index is -0.669. The van der Waals surface area contributed by atoms with E-state index in [1.807, 2.05) is 0 Å². The highest BCUT2D eigenvalue weighted by atomic mass is 16.3. The summed E-state index contributed by atoms with van der Waals surface area (Å²) >= 11 is 0. The summed E-state index contributed by atoms with van der Waals surface area (Å²) in [6.45, 7) is 4.88. The highest BCUT2D eigenvalue weighted by Gasteiger charge is 2.52. The Morgan fingerprint density at radius 1 is 1.23 bits per heavy atom. The first kappa shape index (κ1) is 15.7. The van der Waals surface area contributed by atoms with Gasteiger partial charge in [0.25, 0.3) is 5.91 Å². The van der Waals surface area contributed by atoms with Crippen LogP contribution in [0.5, 0.6) is 0 Å². The zero-order valence-electron chi connectivity index (χ0n) is 13.4. The third-order valence-corrected chi connectivity index (χ3v) is 5.44. The van der Waals surface area contributed by atoms with Crippen molar-refractivity contribution in [2.24, 2.45) is 5.92 Å². The molecule has 1 unspecified atom stereocenters. The van der Waals surface area contributed by atoms with Gasteiger partial charge in [-0.3, -0.25) is 9.69 Å². The van der Waals surface area contributed by atoms with Crippen LogP contribution in [0.4, 0.5) is 4.79 Å². The van der Waals surface area contributed by atoms with Gasteiger partial charge in [-0.05, 0) is 44.7 Å². The maximum Gasteiger partial charge on any atom is 0.325 e. The standard InChI is InChI=1S/C16H27N3O3/c1-12-4-8-18(9-5-12)10-13(20)11-19-14(21)16(17-15(19)22)6-2-3-7-16/h12-13,20H,2-11H2,1H3,(H,17,22). The van der Waals surface area contributed by atoms with Crippen LogP contribution in [0, 0.1) is 5.92 Å². The molecule has 0 bridgehead atoms. The molecule has 1 atom stereocenters. The molecule has 6 heteroatoms. The van der Waals surface area contributed by atoms with Crippen LogP contribution >= 0.6 is 0 Å². The lowest BCUT2D eigenvalue weighted by Crippen LogP contribution is -2.46. The predicted octanol–water partition coefficient (Wildman–Crippen LogP) is 0.944. The highest BCUT2D eigenvalue weighted by Crippen LogP contribution is 2.35. The van der Waals surface area contributed by atoms with Crippen molar-refractivity contribution in [3.8, 4) is 0 Å². The number of piperidine rings is 1. The third-order valence-electron chi connectivity index (χ3n) is 5.44. The third kappa shape index (κ3) is 2.99. The van der Waals surface area contributed by atoms with E-state index in [1.165, 1.54) is 4.90 Å². The number of hydrogen-bond acceptors (Lipinski definition) is 4. The van der Waals surface area contributed by atoms with E-state index in [2.05, 4.69) is 17.1 Å². The lowest BCUT2D eigenvalue weighted by atomic mass is 9.98. The summed E-state index contributed by atoms with van der Waals surface area (Å²) in [5, 5.41) is 13.1. The van der Waals surface area contributed by atoms with Crippen LogP contribution in [0.1, 0.15) is 45.4 Å². The van der Waals surface area contributed by atoms with E-state index >= 15 is 0 Å². The average molecular weight is 309 g/mol. The number of nitrogens with zero attached hydrogens (tertiary/aromatic N) is 2. The van der Waals surface area contributed by atoms with E-state index in [4.69, 9.17) is 0 Å². The number of imide groups is 1. The van der Waals surface area contributed by atoms with Crippen LogP contribution in [0.3, 0.4) is 0 Å². The fourth-order valence-corrected chi connectivity index (χ4v) is 3.97. The average Bonchev–Trinajstić information content (AvgIpc) is 3.03. The molecule has 3 rings (SSSR count). The van der Waals surface area contributed by atoms with Gasteiger partial charge in [-0.25, -0.2) is 4.79 Å². The highest BCUT2D eigenvalue weighted by molar-refractivity contribution is 6.07. The van der Waals surface area contributed by atoms with E-state index in [0.717, 1.165) is 57.5 Å². The maximum absolute atomic E-state index is 12.5. The summed E-state index contributed by atoms with van der Waals surface area (Å²) in [6, 6.07) is -0.335. The van der Waals surface area contributed by atoms with Crippen molar-refractivity contribution in [2.45, 2.75) is 57.1 Å². The van der Waals surface area contributed by atoms with Gasteiger partial charge in [-0.1, -0.05) is 19.8 Å². The summed E-state index contributed by atoms with van der Waals surface area (Å²) in [7, 11) is 0. The monoisotopic (exact) mass is 309 g/mol. The molecule has 0 aromatic carbocycles. The number of amides is 3. The maximum atomic E-state index is 12.5. The van der Waals surface area contributed by atoms with Crippen molar-refractivity contribution < 1.29 is 14.7 Å². The molecular weight excluding hydrogens is 282 g/mol. The van der Waals surface area contributed by atoms with Gasteiger partial charge in [-0.15, -0.1) is 0 Å². The second kappa shape index (κ2) is 6.16. The predicted molar refractivity (Wildman–Crippen MR) is 82.3 cm³/mol. The Morgan fingerprint density at radius 2 is 1.86 bits per heavy atom. The molecule has 22 heavy (non-hydrogen) atoms. The van der Waals surface area contributed by atoms with Gasteiger partial charge < -0.3 is 15.3 Å². The molecule has 0 aromatic heterocycles. The van der Waals surface area contributed by atoms with Crippen LogP contribution in [0.25, 0.3) is 0 Å². The molecule has 1 saturated carbocycles. The summed E-state index contributed by atoms with van der Waals surface area (Å²) in [5.41, 5.74) is -0.669. The van der Waals surface area contributed by atoms with Gasteiger partial charge in [0.05, 0.1) is 12.6 Å². The van der Waals surface area contributed by atoms with Crippen molar-refractivity contribution in [3.63, 3.8) is 0 Å². The Labute approximate surface area is 131 Å². The minimum absolute atomic E-state index is 0.110. The molecule has 6 nitrogen and oxygen atoms in total. The number of aliphatic hydroxyl groups excluding tert-OH is 1. The topological polar surface area (TPSA) is 72.9 Å². The zero-order chi connectivity index (χ0) is 15.7. The number of nitrogens with one attached hydrogen (secondary N) is 1. The molecule has 2 N–H and O–H groups in total. The summed E-state index contributed by atoms with van der Waals surface area (Å²) in [4.78, 5) is 28.1. The molecule has 2 aliphatic heterocycles. The number of urea groups is 1. The number of likely N-dealkylation sites (tertiary alicyclic amines) is 1. The quantitative estimate of drug-likeness (QED) is 0.758. The molecule has 3 fully saturated rings. The van der Waals surface area contributed by atoms with E-state index in [1.54, 1.807) is 0 Å². The molecule has 0 aromatic rings. The van der Waals surface area contributed by atoms with Crippen LogP contribution < -0.4 is 5.32 Å². The van der Waals surface area contributed by atoms with E-state index in [9.17, 15) is 14.7 Å². The summed E-state index contributed by atoms with van der Waals surface area (Å²) in [6.07, 6.45) is 5.06. The largest absolute Gasteiger partial charge is 0.390 e. The second-order valence-corrected chi connectivity index (χ2v) is 7.27. The van der Waals surface area contributed by atoms with Gasteiger partial charge in [-0.2, -0.15) is 0 Å². The zero-order valence-corrected chi connectivity index (χ0v) is 13.4. The molecule has 1 spiro atoms. The van der Waals surface area contributed by atoms with Gasteiger partial charge in [0.2, 0.25) is 0 Å². The molecule has 0 radical (unpaired) electrons. The van der Waals surface area contributed by atoms with E-state index in [0.29, 0.717) is 6.54 Å². The molecule has 124 valence electrons. The van der Waals surface area contributed by atoms with E-state index in [-0.39, 0.29) is 18.5 Å². The number of carbonyl (C=O) groups excluding carboxylic acids is 2. The lowest BCUT2D eigenvalue weighted by Gasteiger charge is -2.32. The van der Waals surface area contributed by atoms with Crippen molar-refractivity contribution in [3.05, 3.63) is 0 Å². The smallest absolute Gasteiger partial charge is 0.325 e. The second-order valence-electron chi connectivity index (χ2n) is 7.27. The fourth-order valence-electron chi connectivity index (χ4n) is 3.97. The van der Waals surface area contributed by atoms with Crippen LogP contribution in [0.2, 0.25) is 0 Å². The molecule has 3 amide bonds. The minimum Gasteiger partial charge on any atom is -0.390 e. The first-order valence-corrected chi connectivity index (χ1v) is 8.55. The van der Waals surface area contributed by atoms with Gasteiger partial charge >= 0.3 is 6.03 Å². The normalized spacial score (nSPS) is 27.6. The number of aliphatic hydroxyl groups is 1. The number of rotatable bonds is 4. The molecule has 1 aliphatic carbocycles. The lowest BCUT2D eigenvalue weighted by molar-refractivity contribution is -0.132. The van der Waals surface area contributed by atoms with Crippen LogP contribution in [0.15, 0.2) is 0 Å². The Hall–Kier alpha value is -1.14. The summed E-state index contributed by atoms with van der Waals surface area (Å²) < 4.78 is 0. The molecule has 2 heterocycles. The van der Waals surface area contributed by atoms with Gasteiger partial charge in [0, 0.05) is 6.54 Å². The Kier molecular flexibility index (Phi) is 4.41. The van der Waals surface area contributed by atoms with Gasteiger partial charge in [0.15, 0.2) is 0 Å². The van der Waals surface area contributed by atoms with Crippen LogP contribution in [-0.2, 0) is 4.79 Å². The fraction of sp³-hybridized carbons (Fsp3) is 0.875. The first-order chi connectivity index (χ1) is 10.5. The summed E-state index contributed by atoms with van der Waals surface area (Å²) in [5.74, 6) is 0.614. The SMILES string of the molecule is CC1CCN(CC(O)CN2C(=O)NC3(CCCC3)C2=O)CC1. The Morgan fingerprint density at radius 3 is 2.50 bits per heavy atom. The van der Waals surface area contributed by atoms with E-state index < -0.39 is 11.6 Å². The Balaban J connectivity index is 1.54. The molecule has 3 aliphatic rings. The van der Waals surface area contributed by atoms with Crippen molar-refractivity contribution in [1.29, 1.82) is 0 Å². The first-order valence-electron chi connectivity index (χ1n) is 8.55. The van der Waals surface area contributed by atoms with Crippen molar-refractivity contribution >= 4 is 11.9 Å². The van der Waals surface area contributed by atoms with Crippen molar-refractivity contribution in [2.75, 3.05) is 26.2 Å². The number of hydrogen-bond donors (Lipinski definition) is 2. The molecular formula is C16H27N3O3. The van der Waals surface area contributed by atoms with Crippen molar-refractivity contribution in [1.82, 2.24) is 15.1 Å². The number of β-amino-alcohol motifs (C(OH)–C–C–N with tert-alkyl or cyclic N) is 1. The van der Waals surface area contributed by atoms with Gasteiger partial charge in [0.1, 0.15) is 5.54 Å².